The molecule has 6 heteroatoms. The van der Waals surface area contributed by atoms with Crippen LogP contribution in [0.4, 0.5) is 5.82 Å². The standard InChI is InChI=1S/C12H22N4O2/c1-3-4-5-6-7-8-18-12-10(17-2)11(16-13)14-9-15-12/h9H,3-8,13H2,1-2H3,(H,14,15,16). The lowest BCUT2D eigenvalue weighted by Crippen LogP contribution is -2.11. The molecule has 3 N–H and O–H groups in total. The van der Waals surface area contributed by atoms with Crippen molar-refractivity contribution >= 4 is 5.82 Å². The zero-order valence-electron chi connectivity index (χ0n) is 11.1. The van der Waals surface area contributed by atoms with Gasteiger partial charge in [0, 0.05) is 0 Å². The van der Waals surface area contributed by atoms with Gasteiger partial charge in [-0.1, -0.05) is 32.6 Å². The number of hydrogen-bond donors (Lipinski definition) is 2. The van der Waals surface area contributed by atoms with E-state index in [4.69, 9.17) is 15.3 Å². The summed E-state index contributed by atoms with van der Waals surface area (Å²) in [4.78, 5) is 7.98. The summed E-state index contributed by atoms with van der Waals surface area (Å²) in [6.45, 7) is 2.82. The van der Waals surface area contributed by atoms with Crippen molar-refractivity contribution in [3.63, 3.8) is 0 Å². The first-order chi connectivity index (χ1) is 8.83. The molecule has 0 bridgehead atoms. The Balaban J connectivity index is 2.41. The Kier molecular flexibility index (Phi) is 6.86. The van der Waals surface area contributed by atoms with Crippen LogP contribution in [0.3, 0.4) is 0 Å². The average molecular weight is 254 g/mol. The molecule has 1 heterocycles. The fraction of sp³-hybridized carbons (Fsp3) is 0.667. The number of rotatable bonds is 9. The summed E-state index contributed by atoms with van der Waals surface area (Å²) in [6, 6.07) is 0. The van der Waals surface area contributed by atoms with Gasteiger partial charge in [-0.15, -0.1) is 0 Å². The Morgan fingerprint density at radius 3 is 2.67 bits per heavy atom. The van der Waals surface area contributed by atoms with Crippen LogP contribution in [-0.4, -0.2) is 23.7 Å². The molecule has 0 radical (unpaired) electrons. The first kappa shape index (κ1) is 14.5. The quantitative estimate of drug-likeness (QED) is 0.399. The molecule has 0 saturated carbocycles. The number of methoxy groups -OCH3 is 1. The third-order valence-corrected chi connectivity index (χ3v) is 2.60. The second-order valence-electron chi connectivity index (χ2n) is 3.97. The molecule has 0 atom stereocenters. The normalized spacial score (nSPS) is 10.2. The van der Waals surface area contributed by atoms with Crippen molar-refractivity contribution in [3.05, 3.63) is 6.33 Å². The second kappa shape index (κ2) is 8.52. The summed E-state index contributed by atoms with van der Waals surface area (Å²) in [6.07, 6.45) is 7.34. The largest absolute Gasteiger partial charge is 0.489 e. The van der Waals surface area contributed by atoms with Crippen molar-refractivity contribution in [3.8, 4) is 11.6 Å². The van der Waals surface area contributed by atoms with Crippen molar-refractivity contribution < 1.29 is 9.47 Å². The first-order valence-electron chi connectivity index (χ1n) is 6.31. The van der Waals surface area contributed by atoms with Crippen molar-refractivity contribution in [2.24, 2.45) is 5.84 Å². The lowest BCUT2D eigenvalue weighted by Gasteiger charge is -2.11. The van der Waals surface area contributed by atoms with Crippen LogP contribution in [0, 0.1) is 0 Å². The van der Waals surface area contributed by atoms with E-state index in [0.717, 1.165) is 6.42 Å². The molecule has 0 saturated heterocycles. The Bertz CT molecular complexity index is 347. The maximum absolute atomic E-state index is 5.58. The van der Waals surface area contributed by atoms with Gasteiger partial charge in [0.1, 0.15) is 6.33 Å². The van der Waals surface area contributed by atoms with Crippen LogP contribution in [0.25, 0.3) is 0 Å². The van der Waals surface area contributed by atoms with Gasteiger partial charge in [-0.05, 0) is 6.42 Å². The molecule has 0 fully saturated rings. The molecule has 0 spiro atoms. The van der Waals surface area contributed by atoms with Crippen molar-refractivity contribution in [2.45, 2.75) is 39.0 Å². The predicted molar refractivity (Wildman–Crippen MR) is 70.6 cm³/mol. The van der Waals surface area contributed by atoms with Crippen LogP contribution in [0.1, 0.15) is 39.0 Å². The predicted octanol–water partition coefficient (Wildman–Crippen LogP) is 2.12. The molecule has 1 aromatic rings. The molecule has 0 aromatic carbocycles. The van der Waals surface area contributed by atoms with Gasteiger partial charge >= 0.3 is 0 Å². The van der Waals surface area contributed by atoms with Crippen LogP contribution < -0.4 is 20.7 Å². The summed E-state index contributed by atoms with van der Waals surface area (Å²) in [5.74, 6) is 6.62. The van der Waals surface area contributed by atoms with E-state index in [1.54, 1.807) is 0 Å². The van der Waals surface area contributed by atoms with E-state index in [-0.39, 0.29) is 0 Å². The van der Waals surface area contributed by atoms with Gasteiger partial charge in [-0.2, -0.15) is 4.98 Å². The van der Waals surface area contributed by atoms with Crippen LogP contribution in [-0.2, 0) is 0 Å². The SMILES string of the molecule is CCCCCCCOc1ncnc(NN)c1OC. The number of nitrogens with zero attached hydrogens (tertiary/aromatic N) is 2. The van der Waals surface area contributed by atoms with Gasteiger partial charge in [0.25, 0.3) is 5.88 Å². The van der Waals surface area contributed by atoms with Crippen LogP contribution in [0.15, 0.2) is 6.33 Å². The minimum atomic E-state index is 0.425. The molecular weight excluding hydrogens is 232 g/mol. The van der Waals surface area contributed by atoms with E-state index < -0.39 is 0 Å². The molecule has 18 heavy (non-hydrogen) atoms. The van der Waals surface area contributed by atoms with Crippen molar-refractivity contribution in [1.29, 1.82) is 0 Å². The zero-order valence-corrected chi connectivity index (χ0v) is 11.1. The number of nitrogen functional groups attached to an aromatic ring is 1. The van der Waals surface area contributed by atoms with E-state index >= 15 is 0 Å². The third-order valence-electron chi connectivity index (χ3n) is 2.60. The van der Waals surface area contributed by atoms with E-state index in [1.165, 1.54) is 39.1 Å². The molecule has 102 valence electrons. The Morgan fingerprint density at radius 2 is 2.00 bits per heavy atom. The highest BCUT2D eigenvalue weighted by Crippen LogP contribution is 2.30. The van der Waals surface area contributed by atoms with E-state index in [9.17, 15) is 0 Å². The van der Waals surface area contributed by atoms with Crippen LogP contribution in [0.5, 0.6) is 11.6 Å². The number of hydrogen-bond acceptors (Lipinski definition) is 6. The molecule has 0 aliphatic rings. The first-order valence-corrected chi connectivity index (χ1v) is 6.31. The Morgan fingerprint density at radius 1 is 1.22 bits per heavy atom. The average Bonchev–Trinajstić information content (AvgIpc) is 2.42. The summed E-state index contributed by atoms with van der Waals surface area (Å²) >= 11 is 0. The summed E-state index contributed by atoms with van der Waals surface area (Å²) in [5.41, 5.74) is 2.45. The lowest BCUT2D eigenvalue weighted by atomic mass is 10.2. The topological polar surface area (TPSA) is 82.3 Å². The number of ether oxygens (including phenoxy) is 2. The Labute approximate surface area is 108 Å². The van der Waals surface area contributed by atoms with Crippen LogP contribution >= 0.6 is 0 Å². The number of unbranched alkanes of at least 4 members (excludes halogenated alkanes) is 4. The summed E-state index contributed by atoms with van der Waals surface area (Å²) < 4.78 is 10.7. The molecule has 0 amide bonds. The minimum Gasteiger partial charge on any atom is -0.489 e. The number of anilines is 1. The second-order valence-corrected chi connectivity index (χ2v) is 3.97. The maximum Gasteiger partial charge on any atom is 0.262 e. The molecule has 1 rings (SSSR count). The Hall–Kier alpha value is -1.56. The van der Waals surface area contributed by atoms with Crippen LogP contribution in [0.2, 0.25) is 0 Å². The van der Waals surface area contributed by atoms with Gasteiger partial charge in [0.15, 0.2) is 5.82 Å². The monoisotopic (exact) mass is 254 g/mol. The fourth-order valence-electron chi connectivity index (χ4n) is 1.62. The number of nitrogens with two attached hydrogens (primary N) is 1. The minimum absolute atomic E-state index is 0.425. The molecule has 1 aromatic heterocycles. The van der Waals surface area contributed by atoms with Crippen molar-refractivity contribution in [1.82, 2.24) is 9.97 Å². The maximum atomic E-state index is 5.58. The number of hydrazine groups is 1. The smallest absolute Gasteiger partial charge is 0.262 e. The van der Waals surface area contributed by atoms with Gasteiger partial charge in [0.2, 0.25) is 5.75 Å². The summed E-state index contributed by atoms with van der Waals surface area (Å²) in [5, 5.41) is 0. The lowest BCUT2D eigenvalue weighted by molar-refractivity contribution is 0.273. The van der Waals surface area contributed by atoms with E-state index in [1.807, 2.05) is 0 Å². The van der Waals surface area contributed by atoms with Gasteiger partial charge < -0.3 is 14.9 Å². The fourth-order valence-corrected chi connectivity index (χ4v) is 1.62. The summed E-state index contributed by atoms with van der Waals surface area (Å²) in [7, 11) is 1.54. The van der Waals surface area contributed by atoms with E-state index in [0.29, 0.717) is 24.1 Å². The zero-order chi connectivity index (χ0) is 13.2. The van der Waals surface area contributed by atoms with E-state index in [2.05, 4.69) is 22.3 Å². The van der Waals surface area contributed by atoms with Gasteiger partial charge in [-0.25, -0.2) is 10.8 Å². The molecular formula is C12H22N4O2. The molecule has 6 nitrogen and oxygen atoms in total. The highest BCUT2D eigenvalue weighted by Gasteiger charge is 2.12. The molecule has 0 aliphatic heterocycles. The number of nitrogens with one attached hydrogen (secondary N) is 1. The molecule has 0 unspecified atom stereocenters. The van der Waals surface area contributed by atoms with Gasteiger partial charge in [-0.3, -0.25) is 0 Å². The highest BCUT2D eigenvalue weighted by molar-refractivity contribution is 5.54. The highest BCUT2D eigenvalue weighted by atomic mass is 16.5. The van der Waals surface area contributed by atoms with Crippen molar-refractivity contribution in [2.75, 3.05) is 19.1 Å². The van der Waals surface area contributed by atoms with Gasteiger partial charge in [0.05, 0.1) is 13.7 Å². The number of aromatic nitrogens is 2. The third kappa shape index (κ3) is 4.37. The molecule has 0 aliphatic carbocycles.